The van der Waals surface area contributed by atoms with E-state index in [1.54, 1.807) is 36.9 Å². The Morgan fingerprint density at radius 3 is 2.95 bits per heavy atom. The first-order valence-electron chi connectivity index (χ1n) is 6.91. The van der Waals surface area contributed by atoms with Crippen molar-refractivity contribution in [2.75, 3.05) is 6.61 Å². The molecule has 112 valence electrons. The highest BCUT2D eigenvalue weighted by molar-refractivity contribution is 5.91. The molecule has 0 aliphatic heterocycles. The Bertz CT molecular complexity index is 879. The maximum atomic E-state index is 12.2. The summed E-state index contributed by atoms with van der Waals surface area (Å²) in [5, 5.41) is 0. The third-order valence-electron chi connectivity index (χ3n) is 3.52. The second-order valence-electron chi connectivity index (χ2n) is 4.89. The number of imidazole rings is 1. The summed E-state index contributed by atoms with van der Waals surface area (Å²) in [5.74, 6) is -0.405. The van der Waals surface area contributed by atoms with Gasteiger partial charge in [0.15, 0.2) is 0 Å². The van der Waals surface area contributed by atoms with Crippen molar-refractivity contribution in [1.82, 2.24) is 14.0 Å². The molecule has 3 aromatic heterocycles. The van der Waals surface area contributed by atoms with Crippen molar-refractivity contribution in [3.8, 4) is 0 Å². The van der Waals surface area contributed by atoms with Gasteiger partial charge in [0.05, 0.1) is 30.1 Å². The van der Waals surface area contributed by atoms with Crippen molar-refractivity contribution < 1.29 is 9.53 Å². The van der Waals surface area contributed by atoms with Gasteiger partial charge in [0.1, 0.15) is 6.61 Å². The van der Waals surface area contributed by atoms with Crippen molar-refractivity contribution >= 4 is 11.5 Å². The highest BCUT2D eigenvalue weighted by Crippen LogP contribution is 2.13. The van der Waals surface area contributed by atoms with Gasteiger partial charge in [0, 0.05) is 18.0 Å². The zero-order chi connectivity index (χ0) is 15.5. The Kier molecular flexibility index (Phi) is 3.74. The van der Waals surface area contributed by atoms with E-state index in [4.69, 9.17) is 4.74 Å². The molecule has 6 nitrogen and oxygen atoms in total. The quantitative estimate of drug-likeness (QED) is 0.687. The fourth-order valence-electron chi connectivity index (χ4n) is 2.30. The molecule has 0 atom stereocenters. The van der Waals surface area contributed by atoms with Crippen molar-refractivity contribution in [2.45, 2.75) is 13.5 Å². The second-order valence-corrected chi connectivity index (χ2v) is 4.89. The van der Waals surface area contributed by atoms with E-state index in [0.717, 1.165) is 11.2 Å². The molecule has 0 spiro atoms. The first kappa shape index (κ1) is 14.1. The van der Waals surface area contributed by atoms with Gasteiger partial charge in [-0.1, -0.05) is 6.07 Å². The number of fused-ring (bicyclic) bond motifs is 1. The zero-order valence-corrected chi connectivity index (χ0v) is 12.1. The predicted molar refractivity (Wildman–Crippen MR) is 80.9 cm³/mol. The van der Waals surface area contributed by atoms with E-state index in [2.05, 4.69) is 4.98 Å². The van der Waals surface area contributed by atoms with Gasteiger partial charge in [0.25, 0.3) is 5.56 Å². The molecule has 0 saturated heterocycles. The van der Waals surface area contributed by atoms with E-state index >= 15 is 0 Å². The minimum absolute atomic E-state index is 0.116. The van der Waals surface area contributed by atoms with Crippen LogP contribution in [-0.4, -0.2) is 26.5 Å². The van der Waals surface area contributed by atoms with Gasteiger partial charge in [-0.25, -0.2) is 9.78 Å². The molecule has 0 unspecified atom stereocenters. The average molecular weight is 297 g/mol. The number of hydrogen-bond donors (Lipinski definition) is 0. The minimum Gasteiger partial charge on any atom is -0.460 e. The number of esters is 1. The lowest BCUT2D eigenvalue weighted by atomic mass is 10.2. The van der Waals surface area contributed by atoms with Crippen molar-refractivity contribution in [2.24, 2.45) is 0 Å². The molecule has 0 bridgehead atoms. The lowest BCUT2D eigenvalue weighted by Gasteiger charge is -2.09. The van der Waals surface area contributed by atoms with Crippen LogP contribution in [0.3, 0.4) is 0 Å². The Labute approximate surface area is 126 Å². The van der Waals surface area contributed by atoms with Crippen molar-refractivity contribution in [3.05, 3.63) is 70.7 Å². The molecular formula is C16H15N3O3. The van der Waals surface area contributed by atoms with Gasteiger partial charge in [-0.3, -0.25) is 4.79 Å². The van der Waals surface area contributed by atoms with Crippen LogP contribution in [0.2, 0.25) is 0 Å². The third kappa shape index (κ3) is 2.63. The van der Waals surface area contributed by atoms with Gasteiger partial charge in [-0.2, -0.15) is 0 Å². The second kappa shape index (κ2) is 5.85. The Hall–Kier alpha value is -2.89. The van der Waals surface area contributed by atoms with Crippen LogP contribution in [0.4, 0.5) is 0 Å². The molecule has 0 radical (unpaired) electrons. The van der Waals surface area contributed by atoms with Crippen LogP contribution >= 0.6 is 0 Å². The average Bonchev–Trinajstić information content (AvgIpc) is 2.99. The highest BCUT2D eigenvalue weighted by Gasteiger charge is 2.13. The first-order valence-corrected chi connectivity index (χ1v) is 6.91. The minimum atomic E-state index is -0.405. The number of aromatic nitrogens is 3. The third-order valence-corrected chi connectivity index (χ3v) is 3.52. The normalized spacial score (nSPS) is 10.8. The monoisotopic (exact) mass is 297 g/mol. The molecule has 22 heavy (non-hydrogen) atoms. The number of nitrogens with zero attached hydrogens (tertiary/aromatic N) is 3. The fraction of sp³-hybridized carbons (Fsp3) is 0.188. The number of hydrogen-bond acceptors (Lipinski definition) is 4. The summed E-state index contributed by atoms with van der Waals surface area (Å²) in [5.41, 5.74) is 2.07. The Morgan fingerprint density at radius 2 is 2.14 bits per heavy atom. The summed E-state index contributed by atoms with van der Waals surface area (Å²) in [7, 11) is 0. The summed E-state index contributed by atoms with van der Waals surface area (Å²) < 4.78 is 8.59. The highest BCUT2D eigenvalue weighted by atomic mass is 16.5. The number of carbonyl (C=O) groups excluding carboxylic acids is 1. The number of ether oxygens (including phenoxy) is 1. The molecule has 0 aliphatic rings. The van der Waals surface area contributed by atoms with Crippen LogP contribution in [0.15, 0.2) is 53.8 Å². The fourth-order valence-corrected chi connectivity index (χ4v) is 2.30. The molecule has 3 heterocycles. The molecular weight excluding hydrogens is 282 g/mol. The lowest BCUT2D eigenvalue weighted by molar-refractivity contribution is 0.0488. The summed E-state index contributed by atoms with van der Waals surface area (Å²) >= 11 is 0. The van der Waals surface area contributed by atoms with Crippen LogP contribution in [0.25, 0.3) is 5.52 Å². The zero-order valence-electron chi connectivity index (χ0n) is 12.1. The van der Waals surface area contributed by atoms with E-state index in [1.165, 1.54) is 10.6 Å². The van der Waals surface area contributed by atoms with E-state index in [9.17, 15) is 9.59 Å². The molecule has 6 heteroatoms. The van der Waals surface area contributed by atoms with Crippen molar-refractivity contribution in [3.63, 3.8) is 0 Å². The summed E-state index contributed by atoms with van der Waals surface area (Å²) in [4.78, 5) is 27.8. The molecule has 0 N–H and O–H groups in total. The summed E-state index contributed by atoms with van der Waals surface area (Å²) in [6.07, 6.45) is 5.05. The van der Waals surface area contributed by atoms with Crippen LogP contribution in [0.5, 0.6) is 0 Å². The van der Waals surface area contributed by atoms with Crippen LogP contribution in [-0.2, 0) is 11.3 Å². The molecule has 0 amide bonds. The molecule has 0 aliphatic carbocycles. The smallest absolute Gasteiger partial charge is 0.339 e. The topological polar surface area (TPSA) is 65.6 Å². The van der Waals surface area contributed by atoms with Gasteiger partial charge in [0.2, 0.25) is 0 Å². The molecule has 0 aromatic carbocycles. The lowest BCUT2D eigenvalue weighted by Crippen LogP contribution is -2.21. The van der Waals surface area contributed by atoms with Gasteiger partial charge in [-0.15, -0.1) is 0 Å². The number of carbonyl (C=O) groups is 1. The van der Waals surface area contributed by atoms with Crippen LogP contribution in [0.1, 0.15) is 16.1 Å². The van der Waals surface area contributed by atoms with Gasteiger partial charge < -0.3 is 13.7 Å². The van der Waals surface area contributed by atoms with E-state index in [0.29, 0.717) is 12.1 Å². The standard InChI is InChI=1S/C16H15N3O3/c1-12-14(6-5-13-10-17-11-19(12)13)16(21)22-9-8-18-7-3-2-4-15(18)20/h2-7,10-11H,8-9H2,1H3. The molecule has 0 saturated carbocycles. The maximum Gasteiger partial charge on any atom is 0.339 e. The van der Waals surface area contributed by atoms with Crippen molar-refractivity contribution in [1.29, 1.82) is 0 Å². The first-order chi connectivity index (χ1) is 10.7. The molecule has 3 aromatic rings. The summed E-state index contributed by atoms with van der Waals surface area (Å²) in [6, 6.07) is 8.45. The number of rotatable bonds is 4. The summed E-state index contributed by atoms with van der Waals surface area (Å²) in [6.45, 7) is 2.31. The SMILES string of the molecule is Cc1c(C(=O)OCCn2ccccc2=O)ccc2cncn12. The van der Waals surface area contributed by atoms with Gasteiger partial charge >= 0.3 is 5.97 Å². The van der Waals surface area contributed by atoms with Crippen LogP contribution < -0.4 is 5.56 Å². The number of aryl methyl sites for hydroxylation is 1. The largest absolute Gasteiger partial charge is 0.460 e. The van der Waals surface area contributed by atoms with Gasteiger partial charge in [-0.05, 0) is 25.1 Å². The van der Waals surface area contributed by atoms with E-state index in [1.807, 2.05) is 17.4 Å². The maximum absolute atomic E-state index is 12.2. The van der Waals surface area contributed by atoms with E-state index in [-0.39, 0.29) is 12.2 Å². The van der Waals surface area contributed by atoms with E-state index < -0.39 is 5.97 Å². The Balaban J connectivity index is 1.70. The molecule has 0 fully saturated rings. The Morgan fingerprint density at radius 1 is 1.27 bits per heavy atom. The van der Waals surface area contributed by atoms with Crippen LogP contribution in [0, 0.1) is 6.92 Å². The number of pyridine rings is 2. The predicted octanol–water partition coefficient (Wildman–Crippen LogP) is 1.66. The molecule has 3 rings (SSSR count).